The second-order valence-electron chi connectivity index (χ2n) is 3.24. The van der Waals surface area contributed by atoms with E-state index in [1.54, 1.807) is 6.92 Å². The van der Waals surface area contributed by atoms with Gasteiger partial charge >= 0.3 is 10.0 Å². The standard InChI is InChI=1S/C6H16O3Si2/c1-5-6(7)8-10-9-11(2,3)4/h5,10H2,1-4H3. The third-order valence-electron chi connectivity index (χ3n) is 1.00. The first kappa shape index (κ1) is 10.9. The fourth-order valence-corrected chi connectivity index (χ4v) is 2.36. The molecule has 0 spiro atoms. The smallest absolute Gasteiger partial charge is 0.358 e. The lowest BCUT2D eigenvalue weighted by Gasteiger charge is -2.16. The summed E-state index contributed by atoms with van der Waals surface area (Å²) in [5, 5.41) is 0. The van der Waals surface area contributed by atoms with Crippen molar-refractivity contribution in [3.8, 4) is 0 Å². The molecule has 3 nitrogen and oxygen atoms in total. The normalized spacial score (nSPS) is 12.4. The van der Waals surface area contributed by atoms with Crippen molar-refractivity contribution in [2.24, 2.45) is 0 Å². The van der Waals surface area contributed by atoms with E-state index >= 15 is 0 Å². The Morgan fingerprint density at radius 3 is 2.36 bits per heavy atom. The molecule has 0 amide bonds. The SMILES string of the molecule is CCC(=O)O[SiH2]O[Si](C)(C)C. The van der Waals surface area contributed by atoms with E-state index in [-0.39, 0.29) is 5.97 Å². The third-order valence-corrected chi connectivity index (χ3v) is 5.38. The van der Waals surface area contributed by atoms with Crippen LogP contribution < -0.4 is 0 Å². The molecule has 0 N–H and O–H groups in total. The molecule has 0 radical (unpaired) electrons. The summed E-state index contributed by atoms with van der Waals surface area (Å²) in [7, 11) is -2.49. The number of rotatable bonds is 4. The van der Waals surface area contributed by atoms with Crippen LogP contribution in [-0.4, -0.2) is 24.3 Å². The molecule has 0 bridgehead atoms. The van der Waals surface area contributed by atoms with Crippen molar-refractivity contribution in [2.45, 2.75) is 33.0 Å². The predicted molar refractivity (Wildman–Crippen MR) is 49.4 cm³/mol. The lowest BCUT2D eigenvalue weighted by atomic mass is 10.5. The van der Waals surface area contributed by atoms with Gasteiger partial charge in [0.25, 0.3) is 5.97 Å². The monoisotopic (exact) mass is 192 g/mol. The van der Waals surface area contributed by atoms with Gasteiger partial charge in [-0.05, 0) is 19.6 Å². The minimum Gasteiger partial charge on any atom is -0.500 e. The van der Waals surface area contributed by atoms with E-state index in [0.29, 0.717) is 6.42 Å². The van der Waals surface area contributed by atoms with E-state index in [4.69, 9.17) is 8.54 Å². The van der Waals surface area contributed by atoms with E-state index in [2.05, 4.69) is 19.6 Å². The summed E-state index contributed by atoms with van der Waals surface area (Å²) in [4.78, 5) is 10.6. The van der Waals surface area contributed by atoms with Crippen LogP contribution in [0, 0.1) is 0 Å². The van der Waals surface area contributed by atoms with Crippen LogP contribution in [0.25, 0.3) is 0 Å². The maximum absolute atomic E-state index is 10.6. The fourth-order valence-electron chi connectivity index (χ4n) is 0.374. The van der Waals surface area contributed by atoms with E-state index in [1.807, 2.05) is 0 Å². The maximum Gasteiger partial charge on any atom is 0.358 e. The zero-order valence-electron chi connectivity index (χ0n) is 7.64. The van der Waals surface area contributed by atoms with Crippen molar-refractivity contribution in [1.29, 1.82) is 0 Å². The van der Waals surface area contributed by atoms with Gasteiger partial charge < -0.3 is 8.54 Å². The van der Waals surface area contributed by atoms with Crippen LogP contribution >= 0.6 is 0 Å². The molecule has 5 heteroatoms. The van der Waals surface area contributed by atoms with Gasteiger partial charge in [-0.15, -0.1) is 0 Å². The molecule has 0 heterocycles. The van der Waals surface area contributed by atoms with Gasteiger partial charge in [-0.1, -0.05) is 6.92 Å². The lowest BCUT2D eigenvalue weighted by molar-refractivity contribution is -0.134. The lowest BCUT2D eigenvalue weighted by Crippen LogP contribution is -2.29. The molecule has 0 saturated heterocycles. The summed E-state index contributed by atoms with van der Waals surface area (Å²) >= 11 is 0. The highest BCUT2D eigenvalue weighted by Gasteiger charge is 2.14. The minimum atomic E-state index is -1.45. The van der Waals surface area contributed by atoms with Crippen LogP contribution in [0.1, 0.15) is 13.3 Å². The molecule has 11 heavy (non-hydrogen) atoms. The van der Waals surface area contributed by atoms with E-state index in [1.165, 1.54) is 0 Å². The largest absolute Gasteiger partial charge is 0.500 e. The Morgan fingerprint density at radius 2 is 2.00 bits per heavy atom. The predicted octanol–water partition coefficient (Wildman–Crippen LogP) is 0.790. The average molecular weight is 192 g/mol. The van der Waals surface area contributed by atoms with Crippen LogP contribution in [0.5, 0.6) is 0 Å². The molecular formula is C6H16O3Si2. The number of hydrogen-bond acceptors (Lipinski definition) is 3. The summed E-state index contributed by atoms with van der Waals surface area (Å²) in [5.74, 6) is -0.144. The Kier molecular flexibility index (Phi) is 4.63. The van der Waals surface area contributed by atoms with E-state index in [9.17, 15) is 4.79 Å². The first-order valence-corrected chi connectivity index (χ1v) is 8.31. The topological polar surface area (TPSA) is 35.5 Å². The number of carbonyl (C=O) groups excluding carboxylic acids is 1. The third kappa shape index (κ3) is 7.76. The highest BCUT2D eigenvalue weighted by molar-refractivity contribution is 6.73. The summed E-state index contributed by atoms with van der Waals surface area (Å²) in [6.07, 6.45) is 0.446. The molecule has 0 fully saturated rings. The molecule has 66 valence electrons. The molecule has 0 atom stereocenters. The van der Waals surface area contributed by atoms with Gasteiger partial charge in [0, 0.05) is 6.42 Å². The second kappa shape index (κ2) is 4.68. The van der Waals surface area contributed by atoms with Gasteiger partial charge in [0.05, 0.1) is 0 Å². The first-order valence-electron chi connectivity index (χ1n) is 3.75. The van der Waals surface area contributed by atoms with Crippen molar-refractivity contribution in [2.75, 3.05) is 0 Å². The molecule has 0 aliphatic rings. The highest BCUT2D eigenvalue weighted by atomic mass is 28.4. The molecule has 0 aromatic carbocycles. The van der Waals surface area contributed by atoms with Crippen LogP contribution in [0.15, 0.2) is 0 Å². The van der Waals surface area contributed by atoms with Crippen LogP contribution in [0.3, 0.4) is 0 Å². The van der Waals surface area contributed by atoms with Crippen LogP contribution in [-0.2, 0) is 13.3 Å². The Labute approximate surface area is 71.3 Å². The number of carbonyl (C=O) groups is 1. The van der Waals surface area contributed by atoms with Gasteiger partial charge in [-0.3, -0.25) is 4.79 Å². The van der Waals surface area contributed by atoms with Gasteiger partial charge in [-0.25, -0.2) is 0 Å². The average Bonchev–Trinajstić information content (AvgIpc) is 1.85. The molecule has 0 aliphatic carbocycles. The fraction of sp³-hybridized carbons (Fsp3) is 0.833. The minimum absolute atomic E-state index is 0.144. The van der Waals surface area contributed by atoms with Crippen molar-refractivity contribution >= 4 is 24.3 Å². The van der Waals surface area contributed by atoms with Crippen molar-refractivity contribution in [1.82, 2.24) is 0 Å². The Bertz CT molecular complexity index is 130. The summed E-state index contributed by atoms with van der Waals surface area (Å²) in [6.45, 7) is 8.03. The summed E-state index contributed by atoms with van der Waals surface area (Å²) in [6, 6.07) is 0. The maximum atomic E-state index is 10.6. The van der Waals surface area contributed by atoms with Crippen molar-refractivity contribution < 1.29 is 13.3 Å². The van der Waals surface area contributed by atoms with E-state index < -0.39 is 18.3 Å². The van der Waals surface area contributed by atoms with Crippen LogP contribution in [0.4, 0.5) is 0 Å². The quantitative estimate of drug-likeness (QED) is 0.618. The van der Waals surface area contributed by atoms with Crippen molar-refractivity contribution in [3.63, 3.8) is 0 Å². The zero-order valence-corrected chi connectivity index (χ0v) is 10.1. The molecule has 0 aromatic heterocycles. The molecular weight excluding hydrogens is 176 g/mol. The molecule has 0 aliphatic heterocycles. The second-order valence-corrected chi connectivity index (χ2v) is 9.15. The van der Waals surface area contributed by atoms with Gasteiger partial charge in [0.15, 0.2) is 8.32 Å². The molecule has 0 rings (SSSR count). The molecule has 0 aromatic rings. The first-order chi connectivity index (χ1) is 4.95. The van der Waals surface area contributed by atoms with Gasteiger partial charge in [-0.2, -0.15) is 0 Å². The van der Waals surface area contributed by atoms with Crippen LogP contribution in [0.2, 0.25) is 19.6 Å². The Hall–Kier alpha value is -0.136. The van der Waals surface area contributed by atoms with Gasteiger partial charge in [0.2, 0.25) is 0 Å². The number of hydrogen-bond donors (Lipinski definition) is 0. The Morgan fingerprint density at radius 1 is 1.45 bits per heavy atom. The van der Waals surface area contributed by atoms with Gasteiger partial charge in [0.1, 0.15) is 0 Å². The highest BCUT2D eigenvalue weighted by Crippen LogP contribution is 2.00. The summed E-state index contributed by atoms with van der Waals surface area (Å²) < 4.78 is 10.3. The Balaban J connectivity index is 3.35. The zero-order chi connectivity index (χ0) is 8.91. The molecule has 0 saturated carbocycles. The molecule has 0 unspecified atom stereocenters. The summed E-state index contributed by atoms with van der Waals surface area (Å²) in [5.41, 5.74) is 0. The van der Waals surface area contributed by atoms with Crippen molar-refractivity contribution in [3.05, 3.63) is 0 Å². The van der Waals surface area contributed by atoms with E-state index in [0.717, 1.165) is 0 Å².